The summed E-state index contributed by atoms with van der Waals surface area (Å²) in [5, 5.41) is 8.75. The minimum atomic E-state index is -1.06. The van der Waals surface area contributed by atoms with Gasteiger partial charge < -0.3 is 14.4 Å². The second-order valence-corrected chi connectivity index (χ2v) is 3.66. The zero-order chi connectivity index (χ0) is 12.3. The summed E-state index contributed by atoms with van der Waals surface area (Å²) < 4.78 is 5.19. The molecule has 0 radical (unpaired) electrons. The maximum atomic E-state index is 10.7. The van der Waals surface area contributed by atoms with Gasteiger partial charge >= 0.3 is 5.97 Å². The maximum Gasteiger partial charge on any atom is 0.371 e. The summed E-state index contributed by atoms with van der Waals surface area (Å²) >= 11 is 0. The highest BCUT2D eigenvalue weighted by molar-refractivity contribution is 5.84. The Morgan fingerprint density at radius 3 is 2.88 bits per heavy atom. The summed E-state index contributed by atoms with van der Waals surface area (Å²) in [6, 6.07) is 6.88. The molecule has 0 aliphatic carbocycles. The zero-order valence-corrected chi connectivity index (χ0v) is 9.33. The first-order valence-corrected chi connectivity index (χ1v) is 5.10. The maximum absolute atomic E-state index is 10.7. The molecule has 2 heterocycles. The number of carbonyl (C=O) groups is 1. The SMILES string of the molecule is CN(Cc1cccnc1)c1ccc(C(=O)O)o1. The molecule has 17 heavy (non-hydrogen) atoms. The van der Waals surface area contributed by atoms with Gasteiger partial charge in [-0.25, -0.2) is 4.79 Å². The number of pyridine rings is 1. The van der Waals surface area contributed by atoms with Crippen LogP contribution in [-0.2, 0) is 6.54 Å². The van der Waals surface area contributed by atoms with E-state index >= 15 is 0 Å². The second kappa shape index (κ2) is 4.69. The van der Waals surface area contributed by atoms with Crippen molar-refractivity contribution in [2.24, 2.45) is 0 Å². The minimum absolute atomic E-state index is 0.0574. The molecule has 0 aromatic carbocycles. The molecule has 1 N–H and O–H groups in total. The Labute approximate surface area is 98.3 Å². The number of furan rings is 1. The molecule has 0 aliphatic rings. The van der Waals surface area contributed by atoms with Gasteiger partial charge in [0.2, 0.25) is 5.76 Å². The molecule has 0 unspecified atom stereocenters. The van der Waals surface area contributed by atoms with E-state index in [2.05, 4.69) is 4.98 Å². The predicted molar refractivity (Wildman–Crippen MR) is 62.0 cm³/mol. The van der Waals surface area contributed by atoms with Crippen molar-refractivity contribution in [2.75, 3.05) is 11.9 Å². The van der Waals surface area contributed by atoms with E-state index in [-0.39, 0.29) is 5.76 Å². The Morgan fingerprint density at radius 1 is 1.47 bits per heavy atom. The summed E-state index contributed by atoms with van der Waals surface area (Å²) in [6.07, 6.45) is 3.47. The molecular weight excluding hydrogens is 220 g/mol. The summed E-state index contributed by atoms with van der Waals surface area (Å²) in [5.74, 6) is -0.602. The van der Waals surface area contributed by atoms with Crippen LogP contribution in [0.2, 0.25) is 0 Å². The third-order valence-electron chi connectivity index (χ3n) is 2.32. The largest absolute Gasteiger partial charge is 0.475 e. The van der Waals surface area contributed by atoms with Crippen LogP contribution < -0.4 is 4.90 Å². The number of carboxylic acid groups (broad SMARTS) is 1. The molecule has 5 heteroatoms. The van der Waals surface area contributed by atoms with Crippen LogP contribution in [0.25, 0.3) is 0 Å². The Bertz CT molecular complexity index is 507. The van der Waals surface area contributed by atoms with E-state index in [4.69, 9.17) is 9.52 Å². The fraction of sp³-hybridized carbons (Fsp3) is 0.167. The number of aromatic nitrogens is 1. The van der Waals surface area contributed by atoms with Crippen molar-refractivity contribution in [3.63, 3.8) is 0 Å². The van der Waals surface area contributed by atoms with Gasteiger partial charge in [0.1, 0.15) is 0 Å². The molecule has 0 spiro atoms. The van der Waals surface area contributed by atoms with Crippen LogP contribution in [0.1, 0.15) is 16.1 Å². The van der Waals surface area contributed by atoms with Crippen molar-refractivity contribution in [3.8, 4) is 0 Å². The number of anilines is 1. The Balaban J connectivity index is 2.09. The van der Waals surface area contributed by atoms with Gasteiger partial charge in [-0.05, 0) is 17.7 Å². The van der Waals surface area contributed by atoms with Crippen LogP contribution in [-0.4, -0.2) is 23.1 Å². The van der Waals surface area contributed by atoms with Gasteiger partial charge in [0.05, 0.1) is 0 Å². The lowest BCUT2D eigenvalue weighted by Crippen LogP contribution is -2.15. The molecule has 2 aromatic rings. The lowest BCUT2D eigenvalue weighted by Gasteiger charge is -2.15. The fourth-order valence-electron chi connectivity index (χ4n) is 1.49. The van der Waals surface area contributed by atoms with Crippen molar-refractivity contribution < 1.29 is 14.3 Å². The van der Waals surface area contributed by atoms with E-state index in [1.807, 2.05) is 24.1 Å². The van der Waals surface area contributed by atoms with Gasteiger partial charge in [-0.1, -0.05) is 6.07 Å². The third kappa shape index (κ3) is 2.63. The lowest BCUT2D eigenvalue weighted by molar-refractivity contribution is 0.0663. The normalized spacial score (nSPS) is 10.2. The van der Waals surface area contributed by atoms with E-state index in [0.29, 0.717) is 12.4 Å². The fourth-order valence-corrected chi connectivity index (χ4v) is 1.49. The highest BCUT2D eigenvalue weighted by Gasteiger charge is 2.11. The van der Waals surface area contributed by atoms with Gasteiger partial charge in [-0.2, -0.15) is 0 Å². The summed E-state index contributed by atoms with van der Waals surface area (Å²) in [7, 11) is 1.83. The van der Waals surface area contributed by atoms with Crippen LogP contribution in [0, 0.1) is 0 Å². The summed E-state index contributed by atoms with van der Waals surface area (Å²) in [6.45, 7) is 0.612. The first-order chi connectivity index (χ1) is 8.16. The molecule has 88 valence electrons. The monoisotopic (exact) mass is 232 g/mol. The first kappa shape index (κ1) is 11.2. The van der Waals surface area contributed by atoms with Gasteiger partial charge in [0, 0.05) is 32.1 Å². The van der Waals surface area contributed by atoms with Crippen LogP contribution in [0.15, 0.2) is 41.1 Å². The number of hydrogen-bond donors (Lipinski definition) is 1. The molecule has 0 atom stereocenters. The van der Waals surface area contributed by atoms with Crippen molar-refractivity contribution in [3.05, 3.63) is 48.0 Å². The molecule has 0 saturated heterocycles. The number of hydrogen-bond acceptors (Lipinski definition) is 4. The number of aromatic carboxylic acids is 1. The van der Waals surface area contributed by atoms with E-state index in [9.17, 15) is 4.79 Å². The minimum Gasteiger partial charge on any atom is -0.475 e. The van der Waals surface area contributed by atoms with Gasteiger partial charge in [0.25, 0.3) is 0 Å². The van der Waals surface area contributed by atoms with Gasteiger partial charge in [-0.3, -0.25) is 4.98 Å². The molecule has 0 fully saturated rings. The highest BCUT2D eigenvalue weighted by Crippen LogP contribution is 2.18. The van der Waals surface area contributed by atoms with Crippen LogP contribution in [0.5, 0.6) is 0 Å². The van der Waals surface area contributed by atoms with Crippen LogP contribution in [0.4, 0.5) is 5.88 Å². The summed E-state index contributed by atoms with van der Waals surface area (Å²) in [5.41, 5.74) is 1.03. The van der Waals surface area contributed by atoms with E-state index in [0.717, 1.165) is 5.56 Å². The predicted octanol–water partition coefficient (Wildman–Crippen LogP) is 2.01. The lowest BCUT2D eigenvalue weighted by atomic mass is 10.3. The number of rotatable bonds is 4. The molecular formula is C12H12N2O3. The topological polar surface area (TPSA) is 66.6 Å². The van der Waals surface area contributed by atoms with Crippen molar-refractivity contribution in [2.45, 2.75) is 6.54 Å². The van der Waals surface area contributed by atoms with Crippen LogP contribution >= 0.6 is 0 Å². The standard InChI is InChI=1S/C12H12N2O3/c1-14(8-9-3-2-6-13-7-9)11-5-4-10(17-11)12(15)16/h2-7H,8H2,1H3,(H,15,16). The molecule has 0 saturated carbocycles. The average Bonchev–Trinajstić information content (AvgIpc) is 2.79. The molecule has 0 aliphatic heterocycles. The smallest absolute Gasteiger partial charge is 0.371 e. The van der Waals surface area contributed by atoms with E-state index < -0.39 is 5.97 Å². The molecule has 2 rings (SSSR count). The highest BCUT2D eigenvalue weighted by atomic mass is 16.4. The second-order valence-electron chi connectivity index (χ2n) is 3.66. The third-order valence-corrected chi connectivity index (χ3v) is 2.32. The molecule has 2 aromatic heterocycles. The van der Waals surface area contributed by atoms with Crippen molar-refractivity contribution >= 4 is 11.9 Å². The molecule has 0 amide bonds. The van der Waals surface area contributed by atoms with Crippen molar-refractivity contribution in [1.82, 2.24) is 4.98 Å². The number of carboxylic acids is 1. The average molecular weight is 232 g/mol. The van der Waals surface area contributed by atoms with Crippen LogP contribution in [0.3, 0.4) is 0 Å². The quantitative estimate of drug-likeness (QED) is 0.873. The van der Waals surface area contributed by atoms with Gasteiger partial charge in [-0.15, -0.1) is 0 Å². The molecule has 5 nitrogen and oxygen atoms in total. The first-order valence-electron chi connectivity index (χ1n) is 5.10. The zero-order valence-electron chi connectivity index (χ0n) is 9.33. The number of nitrogens with zero attached hydrogens (tertiary/aromatic N) is 2. The Hall–Kier alpha value is -2.30. The van der Waals surface area contributed by atoms with Gasteiger partial charge in [0.15, 0.2) is 5.88 Å². The Kier molecular flexibility index (Phi) is 3.09. The van der Waals surface area contributed by atoms with E-state index in [1.165, 1.54) is 6.07 Å². The summed E-state index contributed by atoms with van der Waals surface area (Å²) in [4.78, 5) is 16.5. The van der Waals surface area contributed by atoms with E-state index in [1.54, 1.807) is 18.5 Å². The Morgan fingerprint density at radius 2 is 2.29 bits per heavy atom. The van der Waals surface area contributed by atoms with Crippen molar-refractivity contribution in [1.29, 1.82) is 0 Å². The molecule has 0 bridgehead atoms.